The van der Waals surface area contributed by atoms with Crippen LogP contribution < -0.4 is 10.6 Å². The van der Waals surface area contributed by atoms with E-state index >= 15 is 0 Å². The van der Waals surface area contributed by atoms with E-state index in [2.05, 4.69) is 63.9 Å². The fourth-order valence-electron chi connectivity index (χ4n) is 4.62. The molecular formula is C28H31N5O. The van der Waals surface area contributed by atoms with Crippen molar-refractivity contribution >= 4 is 17.3 Å². The molecule has 3 aromatic rings. The molecule has 0 saturated carbocycles. The first-order valence-electron chi connectivity index (χ1n) is 11.9. The van der Waals surface area contributed by atoms with Gasteiger partial charge in [-0.3, -0.25) is 9.88 Å². The standard InChI is InChI=1S/C28H31N5O/c1-29-28(34)31-24-9-7-22(8-10-24)25-11-12-27-26(25)17-23(18-30-27)21-5-3-20(4-6-21)19-33-15-13-32(2)14-16-33/h3-11,17-18H,12-16,19H2,1-2H3,(H2,29,31,34). The van der Waals surface area contributed by atoms with Gasteiger partial charge in [0, 0.05) is 69.2 Å². The molecule has 2 aromatic carbocycles. The number of piperazine rings is 1. The topological polar surface area (TPSA) is 60.5 Å². The Morgan fingerprint density at radius 3 is 2.35 bits per heavy atom. The number of anilines is 1. The Kier molecular flexibility index (Phi) is 6.43. The smallest absolute Gasteiger partial charge is 0.318 e. The summed E-state index contributed by atoms with van der Waals surface area (Å²) in [6, 6.07) is 18.9. The molecule has 5 rings (SSSR count). The summed E-state index contributed by atoms with van der Waals surface area (Å²) < 4.78 is 0. The Hall–Kier alpha value is -3.48. The highest BCUT2D eigenvalue weighted by atomic mass is 16.2. The summed E-state index contributed by atoms with van der Waals surface area (Å²) in [5, 5.41) is 5.37. The number of benzene rings is 2. The van der Waals surface area contributed by atoms with E-state index in [0.717, 1.165) is 61.7 Å². The number of likely N-dealkylation sites (N-methyl/N-ethyl adjacent to an activating group) is 1. The average Bonchev–Trinajstić information content (AvgIpc) is 3.29. The number of aromatic nitrogens is 1. The summed E-state index contributed by atoms with van der Waals surface area (Å²) >= 11 is 0. The second-order valence-corrected chi connectivity index (χ2v) is 9.10. The number of carbonyl (C=O) groups excluding carboxylic acids is 1. The maximum absolute atomic E-state index is 11.5. The van der Waals surface area contributed by atoms with Gasteiger partial charge in [-0.1, -0.05) is 42.5 Å². The van der Waals surface area contributed by atoms with Crippen molar-refractivity contribution in [1.29, 1.82) is 0 Å². The molecular weight excluding hydrogens is 422 g/mol. The van der Waals surface area contributed by atoms with E-state index in [1.54, 1.807) is 7.05 Å². The molecule has 2 N–H and O–H groups in total. The molecule has 0 atom stereocenters. The summed E-state index contributed by atoms with van der Waals surface area (Å²) in [5.74, 6) is 0. The van der Waals surface area contributed by atoms with Crippen molar-refractivity contribution < 1.29 is 4.79 Å². The lowest BCUT2D eigenvalue weighted by atomic mass is 9.97. The van der Waals surface area contributed by atoms with Crippen molar-refractivity contribution in [1.82, 2.24) is 20.1 Å². The molecule has 2 aliphatic rings. The Bertz CT molecular complexity index is 1190. The zero-order valence-corrected chi connectivity index (χ0v) is 19.8. The first kappa shape index (κ1) is 22.3. The van der Waals surface area contributed by atoms with Crippen LogP contribution in [-0.2, 0) is 13.0 Å². The third-order valence-electron chi connectivity index (χ3n) is 6.73. The van der Waals surface area contributed by atoms with Crippen LogP contribution in [0.2, 0.25) is 0 Å². The van der Waals surface area contributed by atoms with Crippen LogP contribution in [0.25, 0.3) is 16.7 Å². The first-order chi connectivity index (χ1) is 16.6. The van der Waals surface area contributed by atoms with Crippen LogP contribution >= 0.6 is 0 Å². The minimum absolute atomic E-state index is 0.221. The van der Waals surface area contributed by atoms with Gasteiger partial charge in [-0.2, -0.15) is 0 Å². The van der Waals surface area contributed by atoms with E-state index in [0.29, 0.717) is 0 Å². The Morgan fingerprint density at radius 1 is 0.941 bits per heavy atom. The van der Waals surface area contributed by atoms with E-state index in [1.165, 1.54) is 22.3 Å². The van der Waals surface area contributed by atoms with E-state index in [-0.39, 0.29) is 6.03 Å². The first-order valence-corrected chi connectivity index (χ1v) is 11.9. The predicted octanol–water partition coefficient (Wildman–Crippen LogP) is 4.24. The van der Waals surface area contributed by atoms with Crippen molar-refractivity contribution in [3.05, 3.63) is 89.3 Å². The molecule has 2 amide bonds. The van der Waals surface area contributed by atoms with Gasteiger partial charge in [0.1, 0.15) is 0 Å². The van der Waals surface area contributed by atoms with Crippen molar-refractivity contribution in [3.8, 4) is 11.1 Å². The molecule has 1 fully saturated rings. The van der Waals surface area contributed by atoms with Crippen LogP contribution in [0.4, 0.5) is 10.5 Å². The van der Waals surface area contributed by atoms with Gasteiger partial charge in [-0.05, 0) is 47.5 Å². The lowest BCUT2D eigenvalue weighted by molar-refractivity contribution is 0.148. The minimum Gasteiger partial charge on any atom is -0.341 e. The van der Waals surface area contributed by atoms with Crippen molar-refractivity contribution in [2.24, 2.45) is 0 Å². The molecule has 1 saturated heterocycles. The van der Waals surface area contributed by atoms with E-state index in [1.807, 2.05) is 30.5 Å². The largest absolute Gasteiger partial charge is 0.341 e. The molecule has 0 radical (unpaired) electrons. The summed E-state index contributed by atoms with van der Waals surface area (Å²) in [6.45, 7) is 5.55. The number of fused-ring (bicyclic) bond motifs is 1. The van der Waals surface area contributed by atoms with E-state index in [9.17, 15) is 4.79 Å². The Labute approximate surface area is 201 Å². The fourth-order valence-corrected chi connectivity index (χ4v) is 4.62. The number of pyridine rings is 1. The second kappa shape index (κ2) is 9.79. The Balaban J connectivity index is 1.31. The fraction of sp³-hybridized carbons (Fsp3) is 0.286. The number of allylic oxidation sites excluding steroid dienone is 1. The number of hydrogen-bond donors (Lipinski definition) is 2. The van der Waals surface area contributed by atoms with Crippen LogP contribution in [0, 0.1) is 0 Å². The zero-order chi connectivity index (χ0) is 23.5. The number of carbonyl (C=O) groups is 1. The Morgan fingerprint density at radius 2 is 1.65 bits per heavy atom. The molecule has 2 heterocycles. The number of nitrogens with one attached hydrogen (secondary N) is 2. The monoisotopic (exact) mass is 453 g/mol. The highest BCUT2D eigenvalue weighted by Crippen LogP contribution is 2.35. The maximum atomic E-state index is 11.5. The van der Waals surface area contributed by atoms with E-state index < -0.39 is 0 Å². The van der Waals surface area contributed by atoms with Gasteiger partial charge in [0.25, 0.3) is 0 Å². The molecule has 0 bridgehead atoms. The number of urea groups is 1. The quantitative estimate of drug-likeness (QED) is 0.607. The molecule has 6 nitrogen and oxygen atoms in total. The van der Waals surface area contributed by atoms with Gasteiger partial charge >= 0.3 is 6.03 Å². The van der Waals surface area contributed by atoms with Gasteiger partial charge in [0.15, 0.2) is 0 Å². The summed E-state index contributed by atoms with van der Waals surface area (Å²) in [4.78, 5) is 21.2. The minimum atomic E-state index is -0.221. The van der Waals surface area contributed by atoms with Crippen LogP contribution in [0.5, 0.6) is 0 Å². The summed E-state index contributed by atoms with van der Waals surface area (Å²) in [6.07, 6.45) is 5.07. The lowest BCUT2D eigenvalue weighted by Gasteiger charge is -2.32. The van der Waals surface area contributed by atoms with Crippen molar-refractivity contribution in [3.63, 3.8) is 0 Å². The van der Waals surface area contributed by atoms with Gasteiger partial charge in [-0.15, -0.1) is 0 Å². The molecule has 174 valence electrons. The van der Waals surface area contributed by atoms with Crippen molar-refractivity contribution in [2.75, 3.05) is 45.6 Å². The van der Waals surface area contributed by atoms with Crippen LogP contribution in [0.15, 0.2) is 66.9 Å². The van der Waals surface area contributed by atoms with Gasteiger partial charge < -0.3 is 15.5 Å². The number of rotatable bonds is 5. The maximum Gasteiger partial charge on any atom is 0.318 e. The molecule has 34 heavy (non-hydrogen) atoms. The van der Waals surface area contributed by atoms with Crippen LogP contribution in [0.3, 0.4) is 0 Å². The second-order valence-electron chi connectivity index (χ2n) is 9.10. The molecule has 6 heteroatoms. The zero-order valence-electron chi connectivity index (χ0n) is 19.8. The third kappa shape index (κ3) is 4.88. The predicted molar refractivity (Wildman–Crippen MR) is 138 cm³/mol. The molecule has 0 unspecified atom stereocenters. The molecule has 1 aliphatic heterocycles. The number of nitrogens with zero attached hydrogens (tertiary/aromatic N) is 3. The SMILES string of the molecule is CNC(=O)Nc1ccc(C2=CCc3ncc(-c4ccc(CN5CCN(C)CC5)cc4)cc32)cc1. The summed E-state index contributed by atoms with van der Waals surface area (Å²) in [7, 11) is 3.80. The van der Waals surface area contributed by atoms with Crippen molar-refractivity contribution in [2.45, 2.75) is 13.0 Å². The molecule has 1 aromatic heterocycles. The van der Waals surface area contributed by atoms with Crippen LogP contribution in [-0.4, -0.2) is 61.1 Å². The molecule has 0 spiro atoms. The number of amides is 2. The van der Waals surface area contributed by atoms with Crippen LogP contribution in [0.1, 0.15) is 22.4 Å². The third-order valence-corrected chi connectivity index (χ3v) is 6.73. The number of hydrogen-bond acceptors (Lipinski definition) is 4. The highest BCUT2D eigenvalue weighted by molar-refractivity contribution is 5.90. The highest BCUT2D eigenvalue weighted by Gasteiger charge is 2.18. The average molecular weight is 454 g/mol. The van der Waals surface area contributed by atoms with Gasteiger partial charge in [0.2, 0.25) is 0 Å². The van der Waals surface area contributed by atoms with E-state index in [4.69, 9.17) is 4.98 Å². The lowest BCUT2D eigenvalue weighted by Crippen LogP contribution is -2.43. The van der Waals surface area contributed by atoms with Gasteiger partial charge in [0.05, 0.1) is 5.69 Å². The normalized spacial score (nSPS) is 16.1. The van der Waals surface area contributed by atoms with Gasteiger partial charge in [-0.25, -0.2) is 4.79 Å². The molecule has 1 aliphatic carbocycles. The summed E-state index contributed by atoms with van der Waals surface area (Å²) in [5.41, 5.74) is 9.07.